The maximum Gasteiger partial charge on any atom is 0.311 e. The molecule has 6 heteroatoms. The number of aryl methyl sites for hydroxylation is 2. The van der Waals surface area contributed by atoms with Gasteiger partial charge in [0.05, 0.1) is 23.4 Å². The molecule has 0 aliphatic carbocycles. The summed E-state index contributed by atoms with van der Waals surface area (Å²) in [4.78, 5) is 10.3. The lowest BCUT2D eigenvalue weighted by atomic mass is 10.1. The number of nitrogens with zero attached hydrogens (tertiary/aromatic N) is 3. The first-order valence-electron chi connectivity index (χ1n) is 6.32. The van der Waals surface area contributed by atoms with E-state index < -0.39 is 4.92 Å². The second kappa shape index (κ2) is 6.13. The lowest BCUT2D eigenvalue weighted by molar-refractivity contribution is -0.385. The quantitative estimate of drug-likeness (QED) is 0.466. The molecule has 0 heterocycles. The van der Waals surface area contributed by atoms with Crippen LogP contribution in [0.5, 0.6) is 5.75 Å². The summed E-state index contributed by atoms with van der Waals surface area (Å²) in [5, 5.41) is 19.0. The Hall–Kier alpha value is -2.76. The van der Waals surface area contributed by atoms with E-state index in [1.807, 2.05) is 32.0 Å². The number of benzene rings is 2. The van der Waals surface area contributed by atoms with Crippen LogP contribution in [-0.2, 0) is 0 Å². The van der Waals surface area contributed by atoms with Gasteiger partial charge in [0, 0.05) is 12.1 Å². The van der Waals surface area contributed by atoms with Crippen LogP contribution in [0, 0.1) is 24.0 Å². The Kier molecular flexibility index (Phi) is 4.27. The molecule has 0 fully saturated rings. The minimum absolute atomic E-state index is 0.0948. The van der Waals surface area contributed by atoms with Gasteiger partial charge in [-0.25, -0.2) is 0 Å². The average molecular weight is 285 g/mol. The van der Waals surface area contributed by atoms with Gasteiger partial charge < -0.3 is 4.74 Å². The van der Waals surface area contributed by atoms with E-state index >= 15 is 0 Å². The van der Waals surface area contributed by atoms with Crippen molar-refractivity contribution in [3.8, 4) is 5.75 Å². The van der Waals surface area contributed by atoms with Crippen molar-refractivity contribution in [2.75, 3.05) is 7.11 Å². The van der Waals surface area contributed by atoms with E-state index in [9.17, 15) is 10.1 Å². The molecule has 0 atom stereocenters. The van der Waals surface area contributed by atoms with Gasteiger partial charge in [-0.15, -0.1) is 0 Å². The fraction of sp³-hybridized carbons (Fsp3) is 0.200. The summed E-state index contributed by atoms with van der Waals surface area (Å²) in [6, 6.07) is 10.2. The molecule has 0 aliphatic heterocycles. The van der Waals surface area contributed by atoms with E-state index in [1.165, 1.54) is 30.9 Å². The lowest BCUT2D eigenvalue weighted by Crippen LogP contribution is -1.92. The molecule has 2 aromatic carbocycles. The Labute approximate surface area is 122 Å². The second-order valence-electron chi connectivity index (χ2n) is 4.58. The molecule has 0 amide bonds. The van der Waals surface area contributed by atoms with E-state index in [2.05, 4.69) is 10.2 Å². The summed E-state index contributed by atoms with van der Waals surface area (Å²) in [6.07, 6.45) is 0. The zero-order chi connectivity index (χ0) is 15.4. The monoisotopic (exact) mass is 285 g/mol. The van der Waals surface area contributed by atoms with Crippen molar-refractivity contribution in [2.45, 2.75) is 13.8 Å². The molecule has 0 unspecified atom stereocenters. The highest BCUT2D eigenvalue weighted by atomic mass is 16.6. The van der Waals surface area contributed by atoms with Crippen LogP contribution >= 0.6 is 0 Å². The summed E-state index contributed by atoms with van der Waals surface area (Å²) in [7, 11) is 1.38. The van der Waals surface area contributed by atoms with Gasteiger partial charge in [-0.1, -0.05) is 6.07 Å². The van der Waals surface area contributed by atoms with Crippen molar-refractivity contribution in [3.05, 3.63) is 57.6 Å². The van der Waals surface area contributed by atoms with Crippen LogP contribution in [-0.4, -0.2) is 12.0 Å². The van der Waals surface area contributed by atoms with Crippen LogP contribution in [0.15, 0.2) is 46.6 Å². The third-order valence-corrected chi connectivity index (χ3v) is 3.13. The van der Waals surface area contributed by atoms with Crippen LogP contribution in [0.4, 0.5) is 17.1 Å². The Bertz CT molecular complexity index is 711. The predicted molar refractivity (Wildman–Crippen MR) is 79.7 cm³/mol. The highest BCUT2D eigenvalue weighted by Crippen LogP contribution is 2.31. The fourth-order valence-electron chi connectivity index (χ4n) is 1.78. The first-order valence-corrected chi connectivity index (χ1v) is 6.32. The number of azo groups is 1. The summed E-state index contributed by atoms with van der Waals surface area (Å²) < 4.78 is 4.99. The van der Waals surface area contributed by atoms with Gasteiger partial charge in [0.25, 0.3) is 0 Å². The Morgan fingerprint density at radius 1 is 1.00 bits per heavy atom. The van der Waals surface area contributed by atoms with E-state index in [0.717, 1.165) is 11.3 Å². The summed E-state index contributed by atoms with van der Waals surface area (Å²) in [5.74, 6) is 0.163. The smallest absolute Gasteiger partial charge is 0.311 e. The number of hydrogen-bond donors (Lipinski definition) is 0. The topological polar surface area (TPSA) is 77.1 Å². The fourth-order valence-corrected chi connectivity index (χ4v) is 1.78. The number of rotatable bonds is 4. The number of nitro benzene ring substituents is 1. The Morgan fingerprint density at radius 2 is 1.62 bits per heavy atom. The van der Waals surface area contributed by atoms with Crippen molar-refractivity contribution in [1.82, 2.24) is 0 Å². The highest BCUT2D eigenvalue weighted by molar-refractivity contribution is 5.55. The van der Waals surface area contributed by atoms with Crippen LogP contribution in [0.3, 0.4) is 0 Å². The summed E-state index contributed by atoms with van der Waals surface area (Å²) >= 11 is 0. The van der Waals surface area contributed by atoms with Crippen LogP contribution in [0.25, 0.3) is 0 Å². The van der Waals surface area contributed by atoms with Gasteiger partial charge in [-0.05, 0) is 43.2 Å². The summed E-state index contributed by atoms with van der Waals surface area (Å²) in [5.41, 5.74) is 3.45. The molecule has 2 aromatic rings. The van der Waals surface area contributed by atoms with E-state index in [4.69, 9.17) is 4.74 Å². The lowest BCUT2D eigenvalue weighted by Gasteiger charge is -2.02. The Morgan fingerprint density at radius 3 is 2.19 bits per heavy atom. The van der Waals surface area contributed by atoms with Gasteiger partial charge in [-0.3, -0.25) is 10.1 Å². The molecule has 6 nitrogen and oxygen atoms in total. The molecular formula is C15H15N3O3. The molecule has 0 bridgehead atoms. The molecule has 0 N–H and O–H groups in total. The van der Waals surface area contributed by atoms with Gasteiger partial charge in [0.1, 0.15) is 0 Å². The number of hydrogen-bond acceptors (Lipinski definition) is 5. The van der Waals surface area contributed by atoms with Crippen molar-refractivity contribution in [3.63, 3.8) is 0 Å². The number of nitro groups is 1. The third kappa shape index (κ3) is 3.42. The molecule has 0 aliphatic rings. The predicted octanol–water partition coefficient (Wildman–Crippen LogP) is 4.64. The van der Waals surface area contributed by atoms with Gasteiger partial charge in [0.15, 0.2) is 5.75 Å². The molecule has 2 rings (SSSR count). The highest BCUT2D eigenvalue weighted by Gasteiger charge is 2.14. The van der Waals surface area contributed by atoms with Gasteiger partial charge in [0.2, 0.25) is 0 Å². The zero-order valence-electron chi connectivity index (χ0n) is 12.0. The van der Waals surface area contributed by atoms with Crippen molar-refractivity contribution >= 4 is 17.1 Å². The molecule has 0 spiro atoms. The average Bonchev–Trinajstić information content (AvgIpc) is 2.48. The maximum atomic E-state index is 10.8. The minimum atomic E-state index is -0.497. The molecule has 0 aromatic heterocycles. The molecule has 108 valence electrons. The molecule has 0 saturated heterocycles. The third-order valence-electron chi connectivity index (χ3n) is 3.13. The van der Waals surface area contributed by atoms with Gasteiger partial charge in [-0.2, -0.15) is 10.2 Å². The first-order chi connectivity index (χ1) is 10.0. The minimum Gasteiger partial charge on any atom is -0.490 e. The largest absolute Gasteiger partial charge is 0.490 e. The molecule has 21 heavy (non-hydrogen) atoms. The van der Waals surface area contributed by atoms with E-state index in [-0.39, 0.29) is 11.4 Å². The molecular weight excluding hydrogens is 270 g/mol. The maximum absolute atomic E-state index is 10.8. The van der Waals surface area contributed by atoms with Crippen molar-refractivity contribution < 1.29 is 9.66 Å². The summed E-state index contributed by atoms with van der Waals surface area (Å²) in [6.45, 7) is 4.03. The van der Waals surface area contributed by atoms with Crippen LogP contribution in [0.1, 0.15) is 11.1 Å². The van der Waals surface area contributed by atoms with E-state index in [1.54, 1.807) is 0 Å². The molecule has 0 saturated carbocycles. The Balaban J connectivity index is 2.28. The number of methoxy groups -OCH3 is 1. The SMILES string of the molecule is COc1cc(N=Nc2ccc(C)c(C)c2)ccc1[N+](=O)[O-]. The van der Waals surface area contributed by atoms with E-state index in [0.29, 0.717) is 5.69 Å². The van der Waals surface area contributed by atoms with Crippen LogP contribution < -0.4 is 4.74 Å². The van der Waals surface area contributed by atoms with Crippen molar-refractivity contribution in [1.29, 1.82) is 0 Å². The zero-order valence-corrected chi connectivity index (χ0v) is 12.0. The number of ether oxygens (including phenoxy) is 1. The van der Waals surface area contributed by atoms with Crippen LogP contribution in [0.2, 0.25) is 0 Å². The molecule has 0 radical (unpaired) electrons. The standard InChI is InChI=1S/C15H15N3O3/c1-10-4-5-12(8-11(10)2)16-17-13-6-7-14(18(19)20)15(9-13)21-3/h4-9H,1-3H3. The van der Waals surface area contributed by atoms with Crippen molar-refractivity contribution in [2.24, 2.45) is 10.2 Å². The normalized spacial score (nSPS) is 10.8. The second-order valence-corrected chi connectivity index (χ2v) is 4.58. The van der Waals surface area contributed by atoms with Gasteiger partial charge >= 0.3 is 5.69 Å². The first kappa shape index (κ1) is 14.6.